The maximum atomic E-state index is 5.99. The van der Waals surface area contributed by atoms with Crippen molar-refractivity contribution in [3.05, 3.63) is 28.8 Å². The van der Waals surface area contributed by atoms with Crippen molar-refractivity contribution in [3.63, 3.8) is 0 Å². The smallest absolute Gasteiger partial charge is 0.0426 e. The molecule has 2 N–H and O–H groups in total. The van der Waals surface area contributed by atoms with Gasteiger partial charge >= 0.3 is 0 Å². The minimum Gasteiger partial charge on any atom is -0.385 e. The van der Waals surface area contributed by atoms with Gasteiger partial charge in [-0.2, -0.15) is 0 Å². The van der Waals surface area contributed by atoms with Gasteiger partial charge in [-0.3, -0.25) is 0 Å². The van der Waals surface area contributed by atoms with Crippen molar-refractivity contribution in [1.82, 2.24) is 5.32 Å². The molecule has 0 aromatic heterocycles. The van der Waals surface area contributed by atoms with E-state index in [0.29, 0.717) is 0 Å². The van der Waals surface area contributed by atoms with Crippen LogP contribution in [0.3, 0.4) is 0 Å². The molecule has 1 aliphatic heterocycles. The van der Waals surface area contributed by atoms with E-state index in [4.69, 9.17) is 11.6 Å². The summed E-state index contributed by atoms with van der Waals surface area (Å²) in [5.41, 5.74) is 2.43. The summed E-state index contributed by atoms with van der Waals surface area (Å²) in [6.07, 6.45) is 3.92. The van der Waals surface area contributed by atoms with Crippen molar-refractivity contribution in [2.24, 2.45) is 5.92 Å². The minimum absolute atomic E-state index is 0.803. The SMILES string of the molecule is Cc1ccc(Cl)cc1NCCC1CCCNC1. The van der Waals surface area contributed by atoms with Crippen molar-refractivity contribution < 1.29 is 0 Å². The van der Waals surface area contributed by atoms with E-state index in [9.17, 15) is 0 Å². The van der Waals surface area contributed by atoms with Gasteiger partial charge in [0.25, 0.3) is 0 Å². The van der Waals surface area contributed by atoms with E-state index in [1.54, 1.807) is 0 Å². The molecule has 1 atom stereocenters. The first-order valence-electron chi connectivity index (χ1n) is 6.46. The fourth-order valence-corrected chi connectivity index (χ4v) is 2.54. The molecule has 94 valence electrons. The van der Waals surface area contributed by atoms with Crippen LogP contribution in [-0.4, -0.2) is 19.6 Å². The first kappa shape index (κ1) is 12.7. The maximum Gasteiger partial charge on any atom is 0.0426 e. The Morgan fingerprint density at radius 3 is 3.12 bits per heavy atom. The molecular weight excluding hydrogens is 232 g/mol. The lowest BCUT2D eigenvalue weighted by atomic mass is 9.96. The Morgan fingerprint density at radius 2 is 2.35 bits per heavy atom. The van der Waals surface area contributed by atoms with Crippen LogP contribution in [0.15, 0.2) is 18.2 Å². The largest absolute Gasteiger partial charge is 0.385 e. The topological polar surface area (TPSA) is 24.1 Å². The predicted octanol–water partition coefficient (Wildman–Crippen LogP) is 3.45. The molecule has 1 aromatic rings. The van der Waals surface area contributed by atoms with E-state index in [1.165, 1.54) is 43.6 Å². The zero-order valence-corrected chi connectivity index (χ0v) is 11.2. The van der Waals surface area contributed by atoms with Crippen LogP contribution in [-0.2, 0) is 0 Å². The van der Waals surface area contributed by atoms with Crippen LogP contribution in [0.2, 0.25) is 5.02 Å². The molecule has 0 spiro atoms. The highest BCUT2D eigenvalue weighted by Crippen LogP contribution is 2.21. The van der Waals surface area contributed by atoms with Gasteiger partial charge in [-0.1, -0.05) is 17.7 Å². The summed E-state index contributed by atoms with van der Waals surface area (Å²) < 4.78 is 0. The highest BCUT2D eigenvalue weighted by atomic mass is 35.5. The van der Waals surface area contributed by atoms with E-state index in [0.717, 1.165) is 17.5 Å². The second-order valence-electron chi connectivity index (χ2n) is 4.89. The number of rotatable bonds is 4. The second kappa shape index (κ2) is 6.27. The van der Waals surface area contributed by atoms with Crippen LogP contribution in [0, 0.1) is 12.8 Å². The number of benzene rings is 1. The number of anilines is 1. The molecule has 0 saturated carbocycles. The van der Waals surface area contributed by atoms with Gasteiger partial charge in [-0.15, -0.1) is 0 Å². The van der Waals surface area contributed by atoms with Gasteiger partial charge in [-0.25, -0.2) is 0 Å². The standard InChI is InChI=1S/C14H21ClN2/c1-11-4-5-13(15)9-14(11)17-8-6-12-3-2-7-16-10-12/h4-5,9,12,16-17H,2-3,6-8,10H2,1H3. The van der Waals surface area contributed by atoms with Gasteiger partial charge in [0.2, 0.25) is 0 Å². The Hall–Kier alpha value is -0.730. The monoisotopic (exact) mass is 252 g/mol. The molecule has 1 aromatic carbocycles. The molecule has 0 aliphatic carbocycles. The number of nitrogens with one attached hydrogen (secondary N) is 2. The molecule has 0 bridgehead atoms. The summed E-state index contributed by atoms with van der Waals surface area (Å²) >= 11 is 5.99. The lowest BCUT2D eigenvalue weighted by Gasteiger charge is -2.23. The van der Waals surface area contributed by atoms with Gasteiger partial charge in [0.15, 0.2) is 0 Å². The van der Waals surface area contributed by atoms with E-state index < -0.39 is 0 Å². The molecule has 2 nitrogen and oxygen atoms in total. The summed E-state index contributed by atoms with van der Waals surface area (Å²) in [5.74, 6) is 0.829. The van der Waals surface area contributed by atoms with E-state index in [-0.39, 0.29) is 0 Å². The van der Waals surface area contributed by atoms with Gasteiger partial charge in [-0.05, 0) is 62.9 Å². The molecule has 0 radical (unpaired) electrons. The molecule has 1 fully saturated rings. The Bertz CT molecular complexity index is 359. The first-order valence-corrected chi connectivity index (χ1v) is 6.84. The average Bonchev–Trinajstić information content (AvgIpc) is 2.35. The predicted molar refractivity (Wildman–Crippen MR) is 74.9 cm³/mol. The molecule has 1 saturated heterocycles. The first-order chi connectivity index (χ1) is 8.25. The number of aryl methyl sites for hydroxylation is 1. The Morgan fingerprint density at radius 1 is 1.47 bits per heavy atom. The quantitative estimate of drug-likeness (QED) is 0.858. The Balaban J connectivity index is 1.79. The summed E-state index contributed by atoms with van der Waals surface area (Å²) in [6, 6.07) is 6.01. The van der Waals surface area contributed by atoms with Gasteiger partial charge in [0, 0.05) is 17.3 Å². The van der Waals surface area contributed by atoms with Crippen molar-refractivity contribution in [3.8, 4) is 0 Å². The van der Waals surface area contributed by atoms with Gasteiger partial charge < -0.3 is 10.6 Å². The van der Waals surface area contributed by atoms with Crippen molar-refractivity contribution in [2.75, 3.05) is 25.0 Å². The highest BCUT2D eigenvalue weighted by molar-refractivity contribution is 6.30. The molecule has 3 heteroatoms. The molecule has 2 rings (SSSR count). The molecule has 17 heavy (non-hydrogen) atoms. The molecule has 1 unspecified atom stereocenters. The third-order valence-electron chi connectivity index (χ3n) is 3.47. The fourth-order valence-electron chi connectivity index (χ4n) is 2.37. The van der Waals surface area contributed by atoms with Crippen molar-refractivity contribution in [1.29, 1.82) is 0 Å². The lowest BCUT2D eigenvalue weighted by molar-refractivity contribution is 0.364. The van der Waals surface area contributed by atoms with Crippen molar-refractivity contribution >= 4 is 17.3 Å². The zero-order valence-electron chi connectivity index (χ0n) is 10.4. The lowest BCUT2D eigenvalue weighted by Crippen LogP contribution is -2.30. The van der Waals surface area contributed by atoms with E-state index in [2.05, 4.69) is 23.6 Å². The third-order valence-corrected chi connectivity index (χ3v) is 3.70. The van der Waals surface area contributed by atoms with Crippen LogP contribution in [0.4, 0.5) is 5.69 Å². The van der Waals surface area contributed by atoms with Gasteiger partial charge in [0.1, 0.15) is 0 Å². The number of hydrogen-bond acceptors (Lipinski definition) is 2. The average molecular weight is 253 g/mol. The van der Waals surface area contributed by atoms with E-state index in [1.807, 2.05) is 12.1 Å². The molecule has 1 heterocycles. The van der Waals surface area contributed by atoms with Gasteiger partial charge in [0.05, 0.1) is 0 Å². The minimum atomic E-state index is 0.803. The summed E-state index contributed by atoms with van der Waals surface area (Å²) in [6.45, 7) is 5.52. The van der Waals surface area contributed by atoms with Crippen LogP contribution < -0.4 is 10.6 Å². The molecular formula is C14H21ClN2. The maximum absolute atomic E-state index is 5.99. The molecule has 0 amide bonds. The Labute approximate surface area is 109 Å². The van der Waals surface area contributed by atoms with E-state index >= 15 is 0 Å². The van der Waals surface area contributed by atoms with Crippen molar-refractivity contribution in [2.45, 2.75) is 26.2 Å². The zero-order chi connectivity index (χ0) is 12.1. The van der Waals surface area contributed by atoms with Crippen LogP contribution in [0.1, 0.15) is 24.8 Å². The number of piperidine rings is 1. The summed E-state index contributed by atoms with van der Waals surface area (Å²) in [4.78, 5) is 0. The Kier molecular flexibility index (Phi) is 4.69. The highest BCUT2D eigenvalue weighted by Gasteiger charge is 2.12. The summed E-state index contributed by atoms with van der Waals surface area (Å²) in [5, 5.41) is 7.75. The fraction of sp³-hybridized carbons (Fsp3) is 0.571. The number of hydrogen-bond donors (Lipinski definition) is 2. The van der Waals surface area contributed by atoms with Crippen LogP contribution in [0.5, 0.6) is 0 Å². The normalized spacial score (nSPS) is 20.2. The third kappa shape index (κ3) is 3.90. The van der Waals surface area contributed by atoms with Crippen LogP contribution >= 0.6 is 11.6 Å². The second-order valence-corrected chi connectivity index (χ2v) is 5.32. The number of halogens is 1. The summed E-state index contributed by atoms with van der Waals surface area (Å²) in [7, 11) is 0. The van der Waals surface area contributed by atoms with Crippen LogP contribution in [0.25, 0.3) is 0 Å². The molecule has 1 aliphatic rings.